The van der Waals surface area contributed by atoms with E-state index in [1.54, 1.807) is 13.0 Å². The first-order chi connectivity index (χ1) is 10.2. The van der Waals surface area contributed by atoms with Gasteiger partial charge in [-0.1, -0.05) is 18.2 Å². The topological polar surface area (TPSA) is 77.5 Å². The van der Waals surface area contributed by atoms with E-state index in [1.165, 1.54) is 7.11 Å². The second kappa shape index (κ2) is 6.69. The van der Waals surface area contributed by atoms with Gasteiger partial charge in [-0.05, 0) is 19.1 Å². The molecular formula is C15H16N2O4. The van der Waals surface area contributed by atoms with Gasteiger partial charge in [0, 0.05) is 5.39 Å². The molecule has 1 heterocycles. The maximum atomic E-state index is 12.1. The molecule has 2 rings (SSSR count). The molecule has 1 amide bonds. The fraction of sp³-hybridized carbons (Fsp3) is 0.267. The summed E-state index contributed by atoms with van der Waals surface area (Å²) >= 11 is 0. The molecule has 0 atom stereocenters. The van der Waals surface area contributed by atoms with Crippen molar-refractivity contribution in [2.45, 2.75) is 6.92 Å². The lowest BCUT2D eigenvalue weighted by molar-refractivity contribution is -0.141. The Balaban J connectivity index is 2.23. The van der Waals surface area contributed by atoms with Crippen molar-refractivity contribution in [3.05, 3.63) is 35.9 Å². The van der Waals surface area contributed by atoms with Gasteiger partial charge >= 0.3 is 5.97 Å². The molecule has 1 aromatic heterocycles. The van der Waals surface area contributed by atoms with Gasteiger partial charge in [-0.25, -0.2) is 4.98 Å². The average molecular weight is 288 g/mol. The van der Waals surface area contributed by atoms with Crippen molar-refractivity contribution in [2.24, 2.45) is 0 Å². The van der Waals surface area contributed by atoms with E-state index >= 15 is 0 Å². The Kier molecular flexibility index (Phi) is 4.71. The molecule has 0 aliphatic rings. The number of rotatable bonds is 5. The van der Waals surface area contributed by atoms with Crippen molar-refractivity contribution >= 4 is 22.8 Å². The number of benzene rings is 1. The summed E-state index contributed by atoms with van der Waals surface area (Å²) in [6.45, 7) is 1.79. The standard InChI is InChI=1S/C15H16N2O4/c1-3-21-13(18)9-16-14(19)11-8-10-6-4-5-7-12(10)17-15(11)20-2/h4-8H,3,9H2,1-2H3,(H,16,19). The van der Waals surface area contributed by atoms with Crippen LogP contribution in [0.5, 0.6) is 5.88 Å². The highest BCUT2D eigenvalue weighted by atomic mass is 16.5. The first kappa shape index (κ1) is 14.8. The molecule has 6 nitrogen and oxygen atoms in total. The minimum atomic E-state index is -0.487. The number of carbonyl (C=O) groups excluding carboxylic acids is 2. The smallest absolute Gasteiger partial charge is 0.325 e. The summed E-state index contributed by atoms with van der Waals surface area (Å²) in [5.41, 5.74) is 1.01. The molecule has 21 heavy (non-hydrogen) atoms. The summed E-state index contributed by atoms with van der Waals surface area (Å²) in [5, 5.41) is 3.31. The van der Waals surface area contributed by atoms with Crippen molar-refractivity contribution < 1.29 is 19.1 Å². The fourth-order valence-electron chi connectivity index (χ4n) is 1.88. The lowest BCUT2D eigenvalue weighted by atomic mass is 10.1. The van der Waals surface area contributed by atoms with Gasteiger partial charge < -0.3 is 14.8 Å². The minimum absolute atomic E-state index is 0.192. The third-order valence-electron chi connectivity index (χ3n) is 2.83. The number of aromatic nitrogens is 1. The van der Waals surface area contributed by atoms with Crippen molar-refractivity contribution in [2.75, 3.05) is 20.3 Å². The highest BCUT2D eigenvalue weighted by Crippen LogP contribution is 2.21. The van der Waals surface area contributed by atoms with E-state index in [0.29, 0.717) is 0 Å². The maximum absolute atomic E-state index is 12.1. The van der Waals surface area contributed by atoms with Crippen LogP contribution in [0.3, 0.4) is 0 Å². The van der Waals surface area contributed by atoms with Crippen LogP contribution in [-0.2, 0) is 9.53 Å². The largest absolute Gasteiger partial charge is 0.480 e. The second-order valence-electron chi connectivity index (χ2n) is 4.23. The number of fused-ring (bicyclic) bond motifs is 1. The summed E-state index contributed by atoms with van der Waals surface area (Å²) in [5.74, 6) is -0.702. The predicted molar refractivity (Wildman–Crippen MR) is 77.3 cm³/mol. The van der Waals surface area contributed by atoms with Crippen LogP contribution < -0.4 is 10.1 Å². The van der Waals surface area contributed by atoms with Crippen molar-refractivity contribution in [3.63, 3.8) is 0 Å². The fourth-order valence-corrected chi connectivity index (χ4v) is 1.88. The van der Waals surface area contributed by atoms with Crippen LogP contribution in [0.2, 0.25) is 0 Å². The third kappa shape index (κ3) is 3.47. The molecule has 0 aliphatic carbocycles. The van der Waals surface area contributed by atoms with Crippen LogP contribution in [0, 0.1) is 0 Å². The van der Waals surface area contributed by atoms with Crippen LogP contribution in [0.4, 0.5) is 0 Å². The number of amides is 1. The summed E-state index contributed by atoms with van der Waals surface area (Å²) in [7, 11) is 1.44. The monoisotopic (exact) mass is 288 g/mol. The van der Waals surface area contributed by atoms with Gasteiger partial charge in [0.2, 0.25) is 5.88 Å². The highest BCUT2D eigenvalue weighted by Gasteiger charge is 2.16. The summed E-state index contributed by atoms with van der Waals surface area (Å²) in [6, 6.07) is 9.08. The SMILES string of the molecule is CCOC(=O)CNC(=O)c1cc2ccccc2nc1OC. The maximum Gasteiger partial charge on any atom is 0.325 e. The molecule has 0 radical (unpaired) electrons. The predicted octanol–water partition coefficient (Wildman–Crippen LogP) is 1.54. The minimum Gasteiger partial charge on any atom is -0.480 e. The molecule has 1 aromatic carbocycles. The summed E-state index contributed by atoms with van der Waals surface area (Å²) < 4.78 is 9.90. The molecule has 0 unspecified atom stereocenters. The molecular weight excluding hydrogens is 272 g/mol. The first-order valence-corrected chi connectivity index (χ1v) is 6.53. The first-order valence-electron chi connectivity index (χ1n) is 6.53. The lowest BCUT2D eigenvalue weighted by Gasteiger charge is -2.09. The Bertz CT molecular complexity index is 670. The van der Waals surface area contributed by atoms with Crippen LogP contribution in [0.25, 0.3) is 10.9 Å². The number of esters is 1. The van der Waals surface area contributed by atoms with Gasteiger partial charge in [0.1, 0.15) is 12.1 Å². The number of para-hydroxylation sites is 1. The molecule has 2 aromatic rings. The van der Waals surface area contributed by atoms with Crippen LogP contribution >= 0.6 is 0 Å². The van der Waals surface area contributed by atoms with E-state index in [1.807, 2.05) is 24.3 Å². The molecule has 6 heteroatoms. The van der Waals surface area contributed by atoms with Crippen LogP contribution in [0.1, 0.15) is 17.3 Å². The van der Waals surface area contributed by atoms with E-state index in [4.69, 9.17) is 9.47 Å². The molecule has 0 saturated heterocycles. The highest BCUT2D eigenvalue weighted by molar-refractivity contribution is 6.00. The Morgan fingerprint density at radius 2 is 2.05 bits per heavy atom. The molecule has 1 N–H and O–H groups in total. The number of nitrogens with zero attached hydrogens (tertiary/aromatic N) is 1. The Labute approximate surface area is 122 Å². The summed E-state index contributed by atoms with van der Waals surface area (Å²) in [4.78, 5) is 27.7. The number of ether oxygens (including phenoxy) is 2. The normalized spacial score (nSPS) is 10.2. The Morgan fingerprint density at radius 1 is 1.29 bits per heavy atom. The van der Waals surface area contributed by atoms with Gasteiger partial charge in [0.05, 0.1) is 19.2 Å². The van der Waals surface area contributed by atoms with Crippen molar-refractivity contribution in [3.8, 4) is 5.88 Å². The molecule has 110 valence electrons. The van der Waals surface area contributed by atoms with Crippen molar-refractivity contribution in [1.29, 1.82) is 0 Å². The number of pyridine rings is 1. The van der Waals surface area contributed by atoms with Crippen molar-refractivity contribution in [1.82, 2.24) is 10.3 Å². The lowest BCUT2D eigenvalue weighted by Crippen LogP contribution is -2.31. The van der Waals surface area contributed by atoms with E-state index in [9.17, 15) is 9.59 Å². The zero-order chi connectivity index (χ0) is 15.2. The third-order valence-corrected chi connectivity index (χ3v) is 2.83. The summed E-state index contributed by atoms with van der Waals surface area (Å²) in [6.07, 6.45) is 0. The van der Waals surface area contributed by atoms with Gasteiger partial charge in [0.25, 0.3) is 5.91 Å². The van der Waals surface area contributed by atoms with E-state index in [0.717, 1.165) is 10.9 Å². The van der Waals surface area contributed by atoms with Gasteiger partial charge in [-0.3, -0.25) is 9.59 Å². The van der Waals surface area contributed by atoms with E-state index in [2.05, 4.69) is 10.3 Å². The zero-order valence-electron chi connectivity index (χ0n) is 11.9. The van der Waals surface area contributed by atoms with Gasteiger partial charge in [-0.2, -0.15) is 0 Å². The molecule has 0 spiro atoms. The van der Waals surface area contributed by atoms with Gasteiger partial charge in [-0.15, -0.1) is 0 Å². The van der Waals surface area contributed by atoms with Crippen LogP contribution in [0.15, 0.2) is 30.3 Å². The Morgan fingerprint density at radius 3 is 2.76 bits per heavy atom. The molecule has 0 fully saturated rings. The number of methoxy groups -OCH3 is 1. The van der Waals surface area contributed by atoms with Gasteiger partial charge in [0.15, 0.2) is 0 Å². The number of hydrogen-bond donors (Lipinski definition) is 1. The van der Waals surface area contributed by atoms with E-state index < -0.39 is 11.9 Å². The molecule has 0 saturated carbocycles. The van der Waals surface area contributed by atoms with E-state index in [-0.39, 0.29) is 24.6 Å². The Hall–Kier alpha value is -2.63. The number of hydrogen-bond acceptors (Lipinski definition) is 5. The molecule has 0 bridgehead atoms. The van der Waals surface area contributed by atoms with Crippen LogP contribution in [-0.4, -0.2) is 37.1 Å². The molecule has 0 aliphatic heterocycles. The average Bonchev–Trinajstić information content (AvgIpc) is 2.51. The second-order valence-corrected chi connectivity index (χ2v) is 4.23. The number of carbonyl (C=O) groups is 2. The quantitative estimate of drug-likeness (QED) is 0.844. The number of nitrogens with one attached hydrogen (secondary N) is 1. The zero-order valence-corrected chi connectivity index (χ0v) is 11.9.